The second-order valence-electron chi connectivity index (χ2n) is 7.31. The average molecular weight is 324 g/mol. The minimum absolute atomic E-state index is 0.663. The Morgan fingerprint density at radius 2 is 2.00 bits per heavy atom. The Kier molecular flexibility index (Phi) is 4.67. The fraction of sp³-hybridized carbons (Fsp3) is 0.550. The van der Waals surface area contributed by atoms with Gasteiger partial charge in [0.2, 0.25) is 0 Å². The zero-order chi connectivity index (χ0) is 16.4. The summed E-state index contributed by atoms with van der Waals surface area (Å²) < 4.78 is 2.09. The van der Waals surface area contributed by atoms with Gasteiger partial charge in [0.1, 0.15) is 0 Å². The van der Waals surface area contributed by atoms with Crippen LogP contribution in [0.2, 0.25) is 0 Å². The maximum atomic E-state index is 4.37. The van der Waals surface area contributed by atoms with Crippen LogP contribution in [0.3, 0.4) is 0 Å². The summed E-state index contributed by atoms with van der Waals surface area (Å²) in [6.45, 7) is 7.66. The lowest BCUT2D eigenvalue weighted by Crippen LogP contribution is -2.35. The third kappa shape index (κ3) is 3.26. The van der Waals surface area contributed by atoms with Crippen LogP contribution >= 0.6 is 0 Å². The SMILES string of the molecule is CCn1nccc1CN[C@H]1CC[C@H]2CN(Cc3ccccc3)C[C@@H]21. The van der Waals surface area contributed by atoms with Crippen LogP contribution in [-0.2, 0) is 19.6 Å². The normalized spacial score (nSPS) is 26.8. The molecule has 4 nitrogen and oxygen atoms in total. The number of likely N-dealkylation sites (tertiary alicyclic amines) is 1. The van der Waals surface area contributed by atoms with Crippen molar-refractivity contribution in [1.29, 1.82) is 0 Å². The standard InChI is InChI=1S/C20H28N4/c1-2-24-18(10-11-22-24)12-21-20-9-8-17-14-23(15-19(17)20)13-16-6-4-3-5-7-16/h3-7,10-11,17,19-21H,2,8-9,12-15H2,1H3/t17-,19-,20-/m0/s1. The van der Waals surface area contributed by atoms with Crippen LogP contribution in [-0.4, -0.2) is 33.8 Å². The first-order chi connectivity index (χ1) is 11.8. The van der Waals surface area contributed by atoms with E-state index in [1.165, 1.54) is 37.2 Å². The molecule has 1 aromatic carbocycles. The molecular formula is C20H28N4. The molecule has 2 aliphatic rings. The largest absolute Gasteiger partial charge is 0.308 e. The van der Waals surface area contributed by atoms with Crippen molar-refractivity contribution >= 4 is 0 Å². The Labute approximate surface area is 144 Å². The van der Waals surface area contributed by atoms with E-state index in [-0.39, 0.29) is 0 Å². The van der Waals surface area contributed by atoms with Gasteiger partial charge in [-0.05, 0) is 43.2 Å². The fourth-order valence-corrected chi connectivity index (χ4v) is 4.61. The third-order valence-corrected chi connectivity index (χ3v) is 5.83. The van der Waals surface area contributed by atoms with E-state index >= 15 is 0 Å². The predicted octanol–water partition coefficient (Wildman–Crippen LogP) is 2.90. The first-order valence-corrected chi connectivity index (χ1v) is 9.34. The van der Waals surface area contributed by atoms with Gasteiger partial charge < -0.3 is 5.32 Å². The summed E-state index contributed by atoms with van der Waals surface area (Å²) in [5.41, 5.74) is 2.74. The quantitative estimate of drug-likeness (QED) is 0.887. The van der Waals surface area contributed by atoms with Crippen LogP contribution in [0.1, 0.15) is 31.0 Å². The van der Waals surface area contributed by atoms with Crippen LogP contribution < -0.4 is 5.32 Å². The Hall–Kier alpha value is -1.65. The Balaban J connectivity index is 1.33. The molecule has 1 aliphatic carbocycles. The van der Waals surface area contributed by atoms with E-state index in [1.807, 2.05) is 6.20 Å². The topological polar surface area (TPSA) is 33.1 Å². The summed E-state index contributed by atoms with van der Waals surface area (Å²) in [7, 11) is 0. The van der Waals surface area contributed by atoms with Gasteiger partial charge in [-0.15, -0.1) is 0 Å². The number of hydrogen-bond acceptors (Lipinski definition) is 3. The van der Waals surface area contributed by atoms with E-state index in [1.54, 1.807) is 0 Å². The van der Waals surface area contributed by atoms with E-state index in [0.29, 0.717) is 6.04 Å². The second kappa shape index (κ2) is 7.08. The number of aryl methyl sites for hydroxylation is 1. The first kappa shape index (κ1) is 15.9. The van der Waals surface area contributed by atoms with Crippen molar-refractivity contribution in [1.82, 2.24) is 20.0 Å². The van der Waals surface area contributed by atoms with Crippen LogP contribution in [0.4, 0.5) is 0 Å². The maximum Gasteiger partial charge on any atom is 0.0522 e. The van der Waals surface area contributed by atoms with Crippen molar-refractivity contribution in [3.63, 3.8) is 0 Å². The molecule has 1 saturated carbocycles. The van der Waals surface area contributed by atoms with Crippen LogP contribution in [0.25, 0.3) is 0 Å². The summed E-state index contributed by atoms with van der Waals surface area (Å²) in [6, 6.07) is 13.7. The minimum Gasteiger partial charge on any atom is -0.308 e. The molecule has 0 spiro atoms. The van der Waals surface area contributed by atoms with Gasteiger partial charge in [0.05, 0.1) is 5.69 Å². The summed E-state index contributed by atoms with van der Waals surface area (Å²) in [5, 5.41) is 8.20. The second-order valence-corrected chi connectivity index (χ2v) is 7.31. The van der Waals surface area contributed by atoms with Gasteiger partial charge in [-0.2, -0.15) is 5.10 Å². The average Bonchev–Trinajstić information content (AvgIpc) is 3.29. The summed E-state index contributed by atoms with van der Waals surface area (Å²) in [6.07, 6.45) is 4.62. The molecule has 24 heavy (non-hydrogen) atoms. The van der Waals surface area contributed by atoms with Crippen LogP contribution in [0.5, 0.6) is 0 Å². The number of aromatic nitrogens is 2. The lowest BCUT2D eigenvalue weighted by molar-refractivity contribution is 0.288. The molecule has 0 unspecified atom stereocenters. The first-order valence-electron chi connectivity index (χ1n) is 9.34. The molecule has 4 rings (SSSR count). The highest BCUT2D eigenvalue weighted by Crippen LogP contribution is 2.38. The molecule has 4 heteroatoms. The molecule has 0 bridgehead atoms. The lowest BCUT2D eigenvalue weighted by Gasteiger charge is -2.22. The number of nitrogens with zero attached hydrogens (tertiary/aromatic N) is 3. The molecule has 2 aromatic rings. The van der Waals surface area contributed by atoms with Crippen molar-refractivity contribution < 1.29 is 0 Å². The molecule has 0 amide bonds. The van der Waals surface area contributed by atoms with Crippen molar-refractivity contribution in [2.24, 2.45) is 11.8 Å². The molecule has 0 radical (unpaired) electrons. The van der Waals surface area contributed by atoms with E-state index in [2.05, 4.69) is 63.3 Å². The van der Waals surface area contributed by atoms with Gasteiger partial charge in [0, 0.05) is 45.0 Å². The molecule has 1 N–H and O–H groups in total. The van der Waals surface area contributed by atoms with Gasteiger partial charge in [0.15, 0.2) is 0 Å². The van der Waals surface area contributed by atoms with Crippen molar-refractivity contribution in [3.8, 4) is 0 Å². The summed E-state index contributed by atoms with van der Waals surface area (Å²) in [5.74, 6) is 1.69. The van der Waals surface area contributed by atoms with Gasteiger partial charge in [0.25, 0.3) is 0 Å². The number of benzene rings is 1. The van der Waals surface area contributed by atoms with E-state index in [0.717, 1.165) is 31.5 Å². The molecular weight excluding hydrogens is 296 g/mol. The smallest absolute Gasteiger partial charge is 0.0522 e. The highest BCUT2D eigenvalue weighted by molar-refractivity contribution is 5.15. The number of nitrogens with one attached hydrogen (secondary N) is 1. The number of rotatable bonds is 6. The Morgan fingerprint density at radius 3 is 2.83 bits per heavy atom. The highest BCUT2D eigenvalue weighted by atomic mass is 15.3. The number of hydrogen-bond donors (Lipinski definition) is 1. The molecule has 2 fully saturated rings. The summed E-state index contributed by atoms with van der Waals surface area (Å²) in [4.78, 5) is 2.65. The minimum atomic E-state index is 0.663. The monoisotopic (exact) mass is 324 g/mol. The van der Waals surface area contributed by atoms with E-state index < -0.39 is 0 Å². The molecule has 1 aromatic heterocycles. The third-order valence-electron chi connectivity index (χ3n) is 5.83. The fourth-order valence-electron chi connectivity index (χ4n) is 4.61. The van der Waals surface area contributed by atoms with Crippen molar-refractivity contribution in [2.45, 2.75) is 45.4 Å². The molecule has 2 heterocycles. The van der Waals surface area contributed by atoms with Gasteiger partial charge in [-0.25, -0.2) is 0 Å². The van der Waals surface area contributed by atoms with Crippen LogP contribution in [0.15, 0.2) is 42.6 Å². The van der Waals surface area contributed by atoms with Gasteiger partial charge in [-0.1, -0.05) is 30.3 Å². The van der Waals surface area contributed by atoms with E-state index in [9.17, 15) is 0 Å². The molecule has 128 valence electrons. The van der Waals surface area contributed by atoms with Gasteiger partial charge >= 0.3 is 0 Å². The Bertz CT molecular complexity index is 651. The maximum absolute atomic E-state index is 4.37. The zero-order valence-electron chi connectivity index (χ0n) is 14.6. The van der Waals surface area contributed by atoms with Crippen molar-refractivity contribution in [3.05, 3.63) is 53.9 Å². The zero-order valence-corrected chi connectivity index (χ0v) is 14.6. The Morgan fingerprint density at radius 1 is 1.12 bits per heavy atom. The predicted molar refractivity (Wildman–Crippen MR) is 96.5 cm³/mol. The molecule has 1 saturated heterocycles. The highest BCUT2D eigenvalue weighted by Gasteiger charge is 2.42. The van der Waals surface area contributed by atoms with E-state index in [4.69, 9.17) is 0 Å². The van der Waals surface area contributed by atoms with Crippen LogP contribution in [0, 0.1) is 11.8 Å². The van der Waals surface area contributed by atoms with Crippen molar-refractivity contribution in [2.75, 3.05) is 13.1 Å². The summed E-state index contributed by atoms with van der Waals surface area (Å²) >= 11 is 0. The number of fused-ring (bicyclic) bond motifs is 1. The van der Waals surface area contributed by atoms with Gasteiger partial charge in [-0.3, -0.25) is 9.58 Å². The molecule has 1 aliphatic heterocycles. The lowest BCUT2D eigenvalue weighted by atomic mass is 9.98. The molecule has 3 atom stereocenters.